The van der Waals surface area contributed by atoms with Gasteiger partial charge in [0, 0.05) is 6.54 Å². The van der Waals surface area contributed by atoms with E-state index in [2.05, 4.69) is 9.71 Å². The van der Waals surface area contributed by atoms with Gasteiger partial charge in [-0.3, -0.25) is 4.57 Å². The van der Waals surface area contributed by atoms with E-state index >= 15 is 0 Å². The van der Waals surface area contributed by atoms with Crippen LogP contribution in [0.15, 0.2) is 59.6 Å². The van der Waals surface area contributed by atoms with Crippen LogP contribution in [0, 0.1) is 6.92 Å². The minimum absolute atomic E-state index is 0.253. The smallest absolute Gasteiger partial charge is 0.417 e. The van der Waals surface area contributed by atoms with Gasteiger partial charge in [0.05, 0.1) is 28.4 Å². The molecule has 1 atom stereocenters. The number of ether oxygens (including phenoxy) is 1. The number of imidazole rings is 1. The first-order valence-electron chi connectivity index (χ1n) is 9.51. The monoisotopic (exact) mass is 453 g/mol. The molecule has 166 valence electrons. The molecule has 31 heavy (non-hydrogen) atoms. The highest BCUT2D eigenvalue weighted by Crippen LogP contribution is 2.34. The lowest BCUT2D eigenvalue weighted by Crippen LogP contribution is -2.30. The van der Waals surface area contributed by atoms with Crippen LogP contribution in [0.1, 0.15) is 36.7 Å². The van der Waals surface area contributed by atoms with Crippen molar-refractivity contribution in [3.8, 4) is 11.8 Å². The molecule has 3 aromatic rings. The second kappa shape index (κ2) is 8.72. The van der Waals surface area contributed by atoms with E-state index in [0.29, 0.717) is 18.0 Å². The molecule has 0 amide bonds. The predicted octanol–water partition coefficient (Wildman–Crippen LogP) is 5.06. The summed E-state index contributed by atoms with van der Waals surface area (Å²) < 4.78 is 75.1. The Labute approximate surface area is 178 Å². The van der Waals surface area contributed by atoms with E-state index in [0.717, 1.165) is 23.8 Å². The van der Waals surface area contributed by atoms with Crippen LogP contribution in [0.25, 0.3) is 0 Å². The van der Waals surface area contributed by atoms with Gasteiger partial charge in [0.1, 0.15) is 5.75 Å². The Morgan fingerprint density at radius 1 is 1.13 bits per heavy atom. The van der Waals surface area contributed by atoms with Gasteiger partial charge in [-0.1, -0.05) is 29.8 Å². The third-order valence-electron chi connectivity index (χ3n) is 4.65. The standard InChI is InChI=1S/C21H22F3N3O3S/c1-4-27-18(13-25-20(27)30-16-11-9-14(2)10-12-16)15(3)26-31(28,29)19-8-6-5-7-17(19)21(22,23)24/h5-13,15,26H,4H2,1-3H3. The third-order valence-corrected chi connectivity index (χ3v) is 6.25. The Morgan fingerprint density at radius 2 is 1.77 bits per heavy atom. The molecule has 0 fully saturated rings. The van der Waals surface area contributed by atoms with Gasteiger partial charge in [-0.15, -0.1) is 0 Å². The topological polar surface area (TPSA) is 73.2 Å². The quantitative estimate of drug-likeness (QED) is 0.543. The molecule has 1 unspecified atom stereocenters. The zero-order chi connectivity index (χ0) is 22.8. The van der Waals surface area contributed by atoms with Crippen LogP contribution in [0.2, 0.25) is 0 Å². The molecular weight excluding hydrogens is 431 g/mol. The van der Waals surface area contributed by atoms with E-state index in [4.69, 9.17) is 4.74 Å². The summed E-state index contributed by atoms with van der Waals surface area (Å²) in [4.78, 5) is 3.39. The summed E-state index contributed by atoms with van der Waals surface area (Å²) in [6, 6.07) is 10.8. The van der Waals surface area contributed by atoms with Crippen molar-refractivity contribution in [3.63, 3.8) is 0 Å². The van der Waals surface area contributed by atoms with Crippen LogP contribution >= 0.6 is 0 Å². The average molecular weight is 453 g/mol. The molecule has 0 radical (unpaired) electrons. The zero-order valence-corrected chi connectivity index (χ0v) is 18.0. The summed E-state index contributed by atoms with van der Waals surface area (Å²) in [5.74, 6) is 0.560. The Morgan fingerprint density at radius 3 is 2.39 bits per heavy atom. The lowest BCUT2D eigenvalue weighted by Gasteiger charge is -2.19. The van der Waals surface area contributed by atoms with Gasteiger partial charge >= 0.3 is 12.2 Å². The average Bonchev–Trinajstić information content (AvgIpc) is 3.11. The number of hydrogen-bond acceptors (Lipinski definition) is 4. The summed E-state index contributed by atoms with van der Waals surface area (Å²) in [5.41, 5.74) is 0.300. The summed E-state index contributed by atoms with van der Waals surface area (Å²) >= 11 is 0. The molecule has 0 aliphatic carbocycles. The van der Waals surface area contributed by atoms with Gasteiger partial charge in [-0.25, -0.2) is 18.1 Å². The number of nitrogens with zero attached hydrogens (tertiary/aromatic N) is 2. The highest BCUT2D eigenvalue weighted by Gasteiger charge is 2.37. The van der Waals surface area contributed by atoms with Crippen LogP contribution < -0.4 is 9.46 Å². The van der Waals surface area contributed by atoms with Crippen LogP contribution in [0.3, 0.4) is 0 Å². The first-order valence-corrected chi connectivity index (χ1v) is 11.0. The van der Waals surface area contributed by atoms with Gasteiger partial charge in [-0.05, 0) is 45.0 Å². The van der Waals surface area contributed by atoms with Crippen molar-refractivity contribution in [1.29, 1.82) is 0 Å². The lowest BCUT2D eigenvalue weighted by atomic mass is 10.2. The van der Waals surface area contributed by atoms with Gasteiger partial charge in [0.15, 0.2) is 0 Å². The molecule has 0 saturated carbocycles. The van der Waals surface area contributed by atoms with E-state index in [1.807, 2.05) is 26.0 Å². The minimum atomic E-state index is -4.80. The fourth-order valence-corrected chi connectivity index (χ4v) is 4.56. The number of aromatic nitrogens is 2. The fraction of sp³-hybridized carbons (Fsp3) is 0.286. The van der Waals surface area contributed by atoms with E-state index in [1.165, 1.54) is 19.2 Å². The Hall–Kier alpha value is -2.85. The maximum Gasteiger partial charge on any atom is 0.417 e. The minimum Gasteiger partial charge on any atom is -0.426 e. The molecule has 0 saturated heterocycles. The fourth-order valence-electron chi connectivity index (χ4n) is 3.12. The molecule has 1 N–H and O–H groups in total. The van der Waals surface area contributed by atoms with Crippen molar-refractivity contribution in [2.75, 3.05) is 0 Å². The number of aryl methyl sites for hydroxylation is 1. The Balaban J connectivity index is 1.88. The van der Waals surface area contributed by atoms with Gasteiger partial charge < -0.3 is 4.74 Å². The predicted molar refractivity (Wildman–Crippen MR) is 109 cm³/mol. The first-order chi connectivity index (χ1) is 14.5. The number of alkyl halides is 3. The number of rotatable bonds is 7. The zero-order valence-electron chi connectivity index (χ0n) is 17.1. The molecule has 1 heterocycles. The number of sulfonamides is 1. The highest BCUT2D eigenvalue weighted by molar-refractivity contribution is 7.89. The second-order valence-corrected chi connectivity index (χ2v) is 8.64. The molecule has 10 heteroatoms. The number of hydrogen-bond donors (Lipinski definition) is 1. The van der Waals surface area contributed by atoms with E-state index in [1.54, 1.807) is 16.7 Å². The van der Waals surface area contributed by atoms with Crippen molar-refractivity contribution >= 4 is 10.0 Å². The van der Waals surface area contributed by atoms with Crippen LogP contribution in [-0.2, 0) is 22.7 Å². The van der Waals surface area contributed by atoms with E-state index in [-0.39, 0.29) is 6.01 Å². The van der Waals surface area contributed by atoms with Crippen molar-refractivity contribution in [3.05, 3.63) is 71.5 Å². The molecule has 0 bridgehead atoms. The lowest BCUT2D eigenvalue weighted by molar-refractivity contribution is -0.139. The summed E-state index contributed by atoms with van der Waals surface area (Å²) in [6.07, 6.45) is -3.36. The van der Waals surface area contributed by atoms with Crippen LogP contribution in [-0.4, -0.2) is 18.0 Å². The molecular formula is C21H22F3N3O3S. The van der Waals surface area contributed by atoms with Crippen LogP contribution in [0.5, 0.6) is 11.8 Å². The van der Waals surface area contributed by atoms with Crippen LogP contribution in [0.4, 0.5) is 13.2 Å². The second-order valence-electron chi connectivity index (χ2n) is 6.96. The summed E-state index contributed by atoms with van der Waals surface area (Å²) in [6.45, 7) is 5.72. The van der Waals surface area contributed by atoms with Crippen molar-refractivity contribution < 1.29 is 26.3 Å². The van der Waals surface area contributed by atoms with Crippen molar-refractivity contribution in [1.82, 2.24) is 14.3 Å². The number of benzene rings is 2. The van der Waals surface area contributed by atoms with Gasteiger partial charge in [-0.2, -0.15) is 13.2 Å². The molecule has 3 rings (SSSR count). The summed E-state index contributed by atoms with van der Waals surface area (Å²) in [7, 11) is -4.45. The summed E-state index contributed by atoms with van der Waals surface area (Å²) in [5, 5.41) is 0. The molecule has 6 nitrogen and oxygen atoms in total. The number of halogens is 3. The Kier molecular flexibility index (Phi) is 6.42. The van der Waals surface area contributed by atoms with Gasteiger partial charge in [0.25, 0.3) is 0 Å². The van der Waals surface area contributed by atoms with Crippen molar-refractivity contribution in [2.24, 2.45) is 0 Å². The molecule has 0 aliphatic heterocycles. The highest BCUT2D eigenvalue weighted by atomic mass is 32.2. The normalized spacial score (nSPS) is 13.2. The van der Waals surface area contributed by atoms with E-state index in [9.17, 15) is 21.6 Å². The Bertz CT molecular complexity index is 1160. The maximum absolute atomic E-state index is 13.3. The number of nitrogens with one attached hydrogen (secondary N) is 1. The largest absolute Gasteiger partial charge is 0.426 e. The van der Waals surface area contributed by atoms with Crippen molar-refractivity contribution in [2.45, 2.75) is 44.4 Å². The third kappa shape index (κ3) is 5.08. The molecule has 0 aliphatic rings. The SMILES string of the molecule is CCn1c(C(C)NS(=O)(=O)c2ccccc2C(F)(F)F)cnc1Oc1ccc(C)cc1. The molecule has 1 aromatic heterocycles. The maximum atomic E-state index is 13.3. The molecule has 0 spiro atoms. The van der Waals surface area contributed by atoms with E-state index < -0.39 is 32.7 Å². The molecule has 2 aromatic carbocycles. The first kappa shape index (κ1) is 22.8. The van der Waals surface area contributed by atoms with Gasteiger partial charge in [0.2, 0.25) is 10.0 Å².